The molecular formula is C19H24ClN3O. The zero-order valence-electron chi connectivity index (χ0n) is 13.9. The molecular weight excluding hydrogens is 322 g/mol. The summed E-state index contributed by atoms with van der Waals surface area (Å²) < 4.78 is 0. The Morgan fingerprint density at radius 2 is 2.12 bits per heavy atom. The number of fused-ring (bicyclic) bond motifs is 2. The first kappa shape index (κ1) is 16.1. The molecule has 1 aliphatic carbocycles. The molecule has 0 aromatic heterocycles. The third kappa shape index (κ3) is 3.37. The molecule has 2 unspecified atom stereocenters. The molecule has 1 saturated carbocycles. The van der Waals surface area contributed by atoms with Crippen LogP contribution in [0.5, 0.6) is 0 Å². The van der Waals surface area contributed by atoms with Crippen LogP contribution < -0.4 is 5.43 Å². The zero-order chi connectivity index (χ0) is 16.5. The Hall–Kier alpha value is -1.36. The van der Waals surface area contributed by atoms with Crippen molar-refractivity contribution in [2.24, 2.45) is 5.92 Å². The van der Waals surface area contributed by atoms with Gasteiger partial charge >= 0.3 is 0 Å². The van der Waals surface area contributed by atoms with Crippen molar-refractivity contribution in [3.63, 3.8) is 0 Å². The molecule has 0 radical (unpaired) electrons. The van der Waals surface area contributed by atoms with Crippen molar-refractivity contribution in [1.82, 2.24) is 15.3 Å². The van der Waals surface area contributed by atoms with E-state index in [1.807, 2.05) is 18.2 Å². The molecule has 5 heteroatoms. The molecule has 1 N–H and O–H groups in total. The number of nitrogens with zero attached hydrogens (tertiary/aromatic N) is 2. The maximum atomic E-state index is 13.2. The number of nitrogens with one attached hydrogen (secondary N) is 1. The van der Waals surface area contributed by atoms with Crippen LogP contribution in [-0.4, -0.2) is 48.0 Å². The summed E-state index contributed by atoms with van der Waals surface area (Å²) in [6.07, 6.45) is 6.29. The van der Waals surface area contributed by atoms with E-state index < -0.39 is 0 Å². The molecule has 4 rings (SSSR count). The molecule has 24 heavy (non-hydrogen) atoms. The second kappa shape index (κ2) is 6.87. The predicted molar refractivity (Wildman–Crippen MR) is 95.7 cm³/mol. The van der Waals surface area contributed by atoms with Gasteiger partial charge in [0.15, 0.2) is 0 Å². The highest BCUT2D eigenvalue weighted by Gasteiger charge is 2.37. The molecule has 1 amide bonds. The Balaban J connectivity index is 1.47. The van der Waals surface area contributed by atoms with Gasteiger partial charge in [0, 0.05) is 48.7 Å². The smallest absolute Gasteiger partial charge is 0.250 e. The van der Waals surface area contributed by atoms with Gasteiger partial charge in [0.1, 0.15) is 0 Å². The first-order chi connectivity index (χ1) is 11.7. The zero-order valence-corrected chi connectivity index (χ0v) is 14.6. The van der Waals surface area contributed by atoms with Crippen LogP contribution >= 0.6 is 11.6 Å². The van der Waals surface area contributed by atoms with Gasteiger partial charge in [0.05, 0.1) is 0 Å². The van der Waals surface area contributed by atoms with Crippen molar-refractivity contribution in [1.29, 1.82) is 0 Å². The summed E-state index contributed by atoms with van der Waals surface area (Å²) in [4.78, 5) is 15.3. The minimum absolute atomic E-state index is 0.260. The van der Waals surface area contributed by atoms with Gasteiger partial charge in [-0.1, -0.05) is 35.9 Å². The van der Waals surface area contributed by atoms with Crippen LogP contribution in [0.4, 0.5) is 0 Å². The Morgan fingerprint density at radius 3 is 2.92 bits per heavy atom. The van der Waals surface area contributed by atoms with Crippen LogP contribution in [0.3, 0.4) is 0 Å². The van der Waals surface area contributed by atoms with E-state index in [1.54, 1.807) is 0 Å². The third-order valence-electron chi connectivity index (χ3n) is 5.32. The monoisotopic (exact) mass is 345 g/mol. The molecule has 128 valence electrons. The number of amides is 1. The van der Waals surface area contributed by atoms with Gasteiger partial charge in [-0.25, -0.2) is 5.01 Å². The Labute approximate surface area is 148 Å². The van der Waals surface area contributed by atoms with Crippen molar-refractivity contribution in [3.8, 4) is 0 Å². The van der Waals surface area contributed by atoms with Crippen molar-refractivity contribution >= 4 is 17.5 Å². The predicted octanol–water partition coefficient (Wildman–Crippen LogP) is 2.64. The fraction of sp³-hybridized carbons (Fsp3) is 0.526. The minimum Gasteiger partial charge on any atom is -0.336 e. The Bertz CT molecular complexity index is 656. The summed E-state index contributed by atoms with van der Waals surface area (Å²) in [6, 6.07) is 8.37. The maximum Gasteiger partial charge on any atom is 0.250 e. The average Bonchev–Trinajstić information content (AvgIpc) is 3.42. The molecule has 0 spiro atoms. The lowest BCUT2D eigenvalue weighted by atomic mass is 9.89. The number of rotatable bonds is 5. The SMILES string of the molecule is O=C(C1=CCN2CC1CCN2)N(CCc1ccccc1Cl)C1CC1. The fourth-order valence-electron chi connectivity index (χ4n) is 3.79. The highest BCUT2D eigenvalue weighted by atomic mass is 35.5. The van der Waals surface area contributed by atoms with E-state index in [2.05, 4.69) is 27.5 Å². The lowest BCUT2D eigenvalue weighted by Crippen LogP contribution is -2.52. The van der Waals surface area contributed by atoms with E-state index in [-0.39, 0.29) is 5.91 Å². The second-order valence-electron chi connectivity index (χ2n) is 7.03. The summed E-state index contributed by atoms with van der Waals surface area (Å²) >= 11 is 6.27. The molecule has 3 aliphatic rings. The van der Waals surface area contributed by atoms with Gasteiger partial charge in [-0.3, -0.25) is 10.2 Å². The lowest BCUT2D eigenvalue weighted by molar-refractivity contribution is -0.128. The molecule has 1 aromatic rings. The Morgan fingerprint density at radius 1 is 1.29 bits per heavy atom. The first-order valence-corrected chi connectivity index (χ1v) is 9.33. The van der Waals surface area contributed by atoms with Gasteiger partial charge in [0.25, 0.3) is 0 Å². The topological polar surface area (TPSA) is 35.6 Å². The van der Waals surface area contributed by atoms with Gasteiger partial charge < -0.3 is 4.90 Å². The quantitative estimate of drug-likeness (QED) is 0.891. The van der Waals surface area contributed by atoms with E-state index in [0.717, 1.165) is 68.0 Å². The van der Waals surface area contributed by atoms with Crippen LogP contribution in [0.25, 0.3) is 0 Å². The fourth-order valence-corrected chi connectivity index (χ4v) is 4.02. The van der Waals surface area contributed by atoms with Gasteiger partial charge in [-0.2, -0.15) is 0 Å². The third-order valence-corrected chi connectivity index (χ3v) is 5.68. The summed E-state index contributed by atoms with van der Waals surface area (Å²) in [6.45, 7) is 3.53. The van der Waals surface area contributed by atoms with Gasteiger partial charge in [-0.05, 0) is 37.3 Å². The van der Waals surface area contributed by atoms with Crippen LogP contribution in [0.1, 0.15) is 24.8 Å². The molecule has 1 aromatic carbocycles. The van der Waals surface area contributed by atoms with Crippen molar-refractivity contribution < 1.29 is 4.79 Å². The summed E-state index contributed by atoms with van der Waals surface area (Å²) in [7, 11) is 0. The van der Waals surface area contributed by atoms with Crippen molar-refractivity contribution in [2.75, 3.05) is 26.2 Å². The van der Waals surface area contributed by atoms with Gasteiger partial charge in [-0.15, -0.1) is 0 Å². The van der Waals surface area contributed by atoms with Gasteiger partial charge in [0.2, 0.25) is 5.91 Å². The summed E-state index contributed by atoms with van der Waals surface area (Å²) in [5.41, 5.74) is 5.54. The molecule has 2 heterocycles. The summed E-state index contributed by atoms with van der Waals surface area (Å²) in [5, 5.41) is 3.02. The number of hydrogen-bond acceptors (Lipinski definition) is 3. The number of hydrogen-bond donors (Lipinski definition) is 1. The second-order valence-corrected chi connectivity index (χ2v) is 7.44. The van der Waals surface area contributed by atoms with Crippen molar-refractivity contribution in [2.45, 2.75) is 31.7 Å². The normalized spacial score (nSPS) is 26.0. The van der Waals surface area contributed by atoms with E-state index >= 15 is 0 Å². The van der Waals surface area contributed by atoms with Crippen LogP contribution in [0, 0.1) is 5.92 Å². The van der Waals surface area contributed by atoms with E-state index in [1.165, 1.54) is 0 Å². The molecule has 2 atom stereocenters. The maximum absolute atomic E-state index is 13.2. The lowest BCUT2D eigenvalue weighted by Gasteiger charge is -2.39. The highest BCUT2D eigenvalue weighted by Crippen LogP contribution is 2.32. The first-order valence-electron chi connectivity index (χ1n) is 8.95. The van der Waals surface area contributed by atoms with Crippen LogP contribution in [0.2, 0.25) is 5.02 Å². The standard InChI is InChI=1S/C19H24ClN3O/c20-18-4-2-1-3-14(18)8-12-23(16-5-6-16)19(24)17-9-11-22-13-15(17)7-10-21-22/h1-4,9,15-16,21H,5-8,10-13H2. The number of hydrazine groups is 1. The van der Waals surface area contributed by atoms with E-state index in [9.17, 15) is 4.79 Å². The molecule has 2 bridgehead atoms. The number of benzene rings is 1. The van der Waals surface area contributed by atoms with Crippen LogP contribution in [-0.2, 0) is 11.2 Å². The van der Waals surface area contributed by atoms with Crippen LogP contribution in [0.15, 0.2) is 35.9 Å². The summed E-state index contributed by atoms with van der Waals surface area (Å²) in [5.74, 6) is 0.644. The number of carbonyl (C=O) groups excluding carboxylic acids is 1. The largest absolute Gasteiger partial charge is 0.336 e. The minimum atomic E-state index is 0.260. The molecule has 4 nitrogen and oxygen atoms in total. The number of carbonyl (C=O) groups is 1. The Kier molecular flexibility index (Phi) is 4.61. The van der Waals surface area contributed by atoms with Crippen molar-refractivity contribution in [3.05, 3.63) is 46.5 Å². The molecule has 2 aliphatic heterocycles. The number of halogens is 1. The molecule has 2 fully saturated rings. The average molecular weight is 346 g/mol. The van der Waals surface area contributed by atoms with E-state index in [0.29, 0.717) is 12.0 Å². The van der Waals surface area contributed by atoms with E-state index in [4.69, 9.17) is 11.6 Å². The molecule has 1 saturated heterocycles. The highest BCUT2D eigenvalue weighted by molar-refractivity contribution is 6.31.